The summed E-state index contributed by atoms with van der Waals surface area (Å²) in [5.74, 6) is -0.514. The Hall–Kier alpha value is -1.70. The Morgan fingerprint density at radius 2 is 2.20 bits per heavy atom. The molecule has 1 aliphatic rings. The number of nitrogens with two attached hydrogens (primary N) is 1. The van der Waals surface area contributed by atoms with E-state index in [9.17, 15) is 9.18 Å². The molecule has 20 heavy (non-hydrogen) atoms. The molecule has 0 bridgehead atoms. The van der Waals surface area contributed by atoms with Gasteiger partial charge in [0.15, 0.2) is 6.29 Å². The lowest BCUT2D eigenvalue weighted by Gasteiger charge is -2.17. The number of cyclic esters (lactones) is 1. The van der Waals surface area contributed by atoms with Crippen molar-refractivity contribution in [1.82, 2.24) is 0 Å². The largest absolute Gasteiger partial charge is 0.443 e. The first-order valence-corrected chi connectivity index (χ1v) is 6.14. The van der Waals surface area contributed by atoms with Crippen LogP contribution in [0.25, 0.3) is 0 Å². The molecule has 2 N–H and O–H groups in total. The van der Waals surface area contributed by atoms with Crippen molar-refractivity contribution in [2.45, 2.75) is 12.4 Å². The topological polar surface area (TPSA) is 74.0 Å². The first-order valence-electron chi connectivity index (χ1n) is 6.14. The van der Waals surface area contributed by atoms with Crippen LogP contribution in [0.15, 0.2) is 18.2 Å². The number of halogens is 1. The minimum absolute atomic E-state index is 0.234. The van der Waals surface area contributed by atoms with Gasteiger partial charge in [0.25, 0.3) is 0 Å². The van der Waals surface area contributed by atoms with Crippen molar-refractivity contribution < 1.29 is 23.4 Å². The lowest BCUT2D eigenvalue weighted by molar-refractivity contribution is -0.107. The normalized spacial score (nSPS) is 18.8. The lowest BCUT2D eigenvalue weighted by atomic mass is 10.1. The van der Waals surface area contributed by atoms with Crippen molar-refractivity contribution in [2.75, 3.05) is 32.2 Å². The third-order valence-corrected chi connectivity index (χ3v) is 3.11. The van der Waals surface area contributed by atoms with E-state index in [2.05, 4.69) is 0 Å². The average molecular weight is 284 g/mol. The fourth-order valence-corrected chi connectivity index (χ4v) is 2.08. The van der Waals surface area contributed by atoms with Crippen LogP contribution >= 0.6 is 0 Å². The van der Waals surface area contributed by atoms with Gasteiger partial charge in [0, 0.05) is 26.3 Å². The van der Waals surface area contributed by atoms with Crippen molar-refractivity contribution >= 4 is 11.8 Å². The molecule has 6 nitrogen and oxygen atoms in total. The van der Waals surface area contributed by atoms with Crippen LogP contribution < -0.4 is 10.6 Å². The van der Waals surface area contributed by atoms with E-state index >= 15 is 0 Å². The highest BCUT2D eigenvalue weighted by molar-refractivity contribution is 5.89. The zero-order valence-corrected chi connectivity index (χ0v) is 11.3. The van der Waals surface area contributed by atoms with E-state index in [1.165, 1.54) is 31.3 Å². The van der Waals surface area contributed by atoms with Crippen LogP contribution in [0.3, 0.4) is 0 Å². The molecular weight excluding hydrogens is 267 g/mol. The van der Waals surface area contributed by atoms with Crippen molar-refractivity contribution in [3.05, 3.63) is 29.6 Å². The van der Waals surface area contributed by atoms with E-state index in [4.69, 9.17) is 19.9 Å². The highest BCUT2D eigenvalue weighted by Crippen LogP contribution is 2.27. The molecule has 1 aromatic rings. The van der Waals surface area contributed by atoms with E-state index in [0.29, 0.717) is 12.2 Å². The van der Waals surface area contributed by atoms with Crippen LogP contribution in [0, 0.1) is 5.82 Å². The molecule has 1 amide bonds. The van der Waals surface area contributed by atoms with Gasteiger partial charge in [-0.2, -0.15) is 0 Å². The Bertz CT molecular complexity index is 493. The van der Waals surface area contributed by atoms with Crippen molar-refractivity contribution in [3.63, 3.8) is 0 Å². The number of anilines is 1. The van der Waals surface area contributed by atoms with Crippen LogP contribution in [-0.4, -0.2) is 39.5 Å². The van der Waals surface area contributed by atoms with E-state index in [1.54, 1.807) is 6.07 Å². The van der Waals surface area contributed by atoms with Gasteiger partial charge in [-0.1, -0.05) is 0 Å². The number of nitrogens with zero attached hydrogens (tertiary/aromatic N) is 1. The number of methoxy groups -OCH3 is 2. The molecule has 0 spiro atoms. The SMILES string of the molecule is COC(OC)c1ccc(N2C[C@H](CN)OC2=O)cc1F. The number of ether oxygens (including phenoxy) is 3. The molecule has 110 valence electrons. The molecule has 0 aromatic heterocycles. The van der Waals surface area contributed by atoms with Gasteiger partial charge in [-0.15, -0.1) is 0 Å². The summed E-state index contributed by atoms with van der Waals surface area (Å²) in [7, 11) is 2.84. The fourth-order valence-electron chi connectivity index (χ4n) is 2.08. The van der Waals surface area contributed by atoms with Crippen molar-refractivity contribution in [1.29, 1.82) is 0 Å². The summed E-state index contributed by atoms with van der Waals surface area (Å²) in [6.45, 7) is 0.546. The second-order valence-corrected chi connectivity index (χ2v) is 4.36. The number of carbonyl (C=O) groups is 1. The minimum Gasteiger partial charge on any atom is -0.443 e. The molecule has 1 aromatic carbocycles. The Kier molecular flexibility index (Phi) is 4.53. The van der Waals surface area contributed by atoms with Gasteiger partial charge in [0.1, 0.15) is 11.9 Å². The number of hydrogen-bond donors (Lipinski definition) is 1. The number of amides is 1. The van der Waals surface area contributed by atoms with Crippen LogP contribution in [0.5, 0.6) is 0 Å². The quantitative estimate of drug-likeness (QED) is 0.827. The molecule has 0 aliphatic carbocycles. The third-order valence-electron chi connectivity index (χ3n) is 3.11. The number of rotatable bonds is 5. The van der Waals surface area contributed by atoms with Crippen molar-refractivity contribution in [2.24, 2.45) is 5.73 Å². The maximum atomic E-state index is 14.1. The van der Waals surface area contributed by atoms with Crippen LogP contribution in [0.1, 0.15) is 11.9 Å². The molecular formula is C13H17FN2O4. The van der Waals surface area contributed by atoms with Gasteiger partial charge < -0.3 is 19.9 Å². The Morgan fingerprint density at radius 1 is 1.50 bits per heavy atom. The summed E-state index contributed by atoms with van der Waals surface area (Å²) >= 11 is 0. The maximum Gasteiger partial charge on any atom is 0.414 e. The monoisotopic (exact) mass is 284 g/mol. The molecule has 1 atom stereocenters. The number of benzene rings is 1. The summed E-state index contributed by atoms with van der Waals surface area (Å²) in [6, 6.07) is 4.38. The van der Waals surface area contributed by atoms with Gasteiger partial charge in [-0.05, 0) is 18.2 Å². The molecule has 2 rings (SSSR count). The average Bonchev–Trinajstić information content (AvgIpc) is 2.83. The van der Waals surface area contributed by atoms with Crippen LogP contribution in [-0.2, 0) is 14.2 Å². The Morgan fingerprint density at radius 3 is 2.70 bits per heavy atom. The minimum atomic E-state index is -0.786. The van der Waals surface area contributed by atoms with Crippen molar-refractivity contribution in [3.8, 4) is 0 Å². The molecule has 1 heterocycles. The highest BCUT2D eigenvalue weighted by atomic mass is 19.1. The molecule has 0 unspecified atom stereocenters. The summed E-state index contributed by atoms with van der Waals surface area (Å²) in [4.78, 5) is 13.0. The smallest absolute Gasteiger partial charge is 0.414 e. The predicted molar refractivity (Wildman–Crippen MR) is 69.8 cm³/mol. The second-order valence-electron chi connectivity index (χ2n) is 4.36. The number of carbonyl (C=O) groups excluding carboxylic acids is 1. The van der Waals surface area contributed by atoms with Gasteiger partial charge in [-0.25, -0.2) is 9.18 Å². The Labute approximate surface area is 116 Å². The molecule has 7 heteroatoms. The first-order chi connectivity index (χ1) is 9.60. The predicted octanol–water partition coefficient (Wildman–Crippen LogP) is 1.40. The van der Waals surface area contributed by atoms with E-state index < -0.39 is 18.2 Å². The standard InChI is InChI=1S/C13H17FN2O4/c1-18-12(19-2)10-4-3-8(5-11(10)14)16-7-9(6-15)20-13(16)17/h3-5,9,12H,6-7,15H2,1-2H3/t9-/m0/s1. The van der Waals surface area contributed by atoms with E-state index in [0.717, 1.165) is 0 Å². The lowest BCUT2D eigenvalue weighted by Crippen LogP contribution is -2.27. The summed E-state index contributed by atoms with van der Waals surface area (Å²) in [6.07, 6.45) is -1.68. The highest BCUT2D eigenvalue weighted by Gasteiger charge is 2.32. The molecule has 1 aliphatic heterocycles. The Balaban J connectivity index is 2.23. The maximum absolute atomic E-state index is 14.1. The van der Waals surface area contributed by atoms with Crippen LogP contribution in [0.2, 0.25) is 0 Å². The zero-order valence-electron chi connectivity index (χ0n) is 11.3. The number of hydrogen-bond acceptors (Lipinski definition) is 5. The third kappa shape index (κ3) is 2.74. The molecule has 1 fully saturated rings. The molecule has 0 saturated carbocycles. The zero-order chi connectivity index (χ0) is 14.7. The van der Waals surface area contributed by atoms with Gasteiger partial charge in [-0.3, -0.25) is 4.90 Å². The summed E-state index contributed by atoms with van der Waals surface area (Å²) in [5.41, 5.74) is 6.14. The van der Waals surface area contributed by atoms with Gasteiger partial charge in [0.05, 0.1) is 12.2 Å². The van der Waals surface area contributed by atoms with E-state index in [1.807, 2.05) is 0 Å². The second kappa shape index (κ2) is 6.17. The first kappa shape index (κ1) is 14.7. The fraction of sp³-hybridized carbons (Fsp3) is 0.462. The molecule has 0 radical (unpaired) electrons. The van der Waals surface area contributed by atoms with E-state index in [-0.39, 0.29) is 18.2 Å². The molecule has 1 saturated heterocycles. The summed E-state index contributed by atoms with van der Waals surface area (Å²) in [5, 5.41) is 0. The van der Waals surface area contributed by atoms with Gasteiger partial charge >= 0.3 is 6.09 Å². The van der Waals surface area contributed by atoms with Crippen LogP contribution in [0.4, 0.5) is 14.9 Å². The summed E-state index contributed by atoms with van der Waals surface area (Å²) < 4.78 is 29.1. The van der Waals surface area contributed by atoms with Gasteiger partial charge in [0.2, 0.25) is 0 Å².